The van der Waals surface area contributed by atoms with Crippen LogP contribution < -0.4 is 5.32 Å². The fourth-order valence-electron chi connectivity index (χ4n) is 3.05. The van der Waals surface area contributed by atoms with Crippen molar-refractivity contribution in [2.75, 3.05) is 13.1 Å². The minimum absolute atomic E-state index is 0.0133. The van der Waals surface area contributed by atoms with Gasteiger partial charge in [-0.2, -0.15) is 0 Å². The Hall–Kier alpha value is -3.17. The lowest BCUT2D eigenvalue weighted by Crippen LogP contribution is -2.37. The van der Waals surface area contributed by atoms with Crippen molar-refractivity contribution in [3.63, 3.8) is 0 Å². The van der Waals surface area contributed by atoms with Crippen LogP contribution >= 0.6 is 23.4 Å². The topological polar surface area (TPSA) is 110 Å². The van der Waals surface area contributed by atoms with Gasteiger partial charge < -0.3 is 5.32 Å². The van der Waals surface area contributed by atoms with Gasteiger partial charge in [0.2, 0.25) is 0 Å². The van der Waals surface area contributed by atoms with Crippen molar-refractivity contribution < 1.29 is 19.3 Å². The second-order valence-electron chi connectivity index (χ2n) is 6.88. The van der Waals surface area contributed by atoms with Gasteiger partial charge in [0.05, 0.1) is 9.83 Å². The summed E-state index contributed by atoms with van der Waals surface area (Å²) in [5, 5.41) is 13.2. The van der Waals surface area contributed by atoms with Gasteiger partial charge in [-0.25, -0.2) is 0 Å². The van der Waals surface area contributed by atoms with E-state index in [1.54, 1.807) is 6.07 Å². The molecule has 10 heteroatoms. The first kappa shape index (κ1) is 22.5. The van der Waals surface area contributed by atoms with Gasteiger partial charge in [0.15, 0.2) is 0 Å². The molecular formula is C21H18ClN3O5S. The molecule has 1 heterocycles. The number of hydrogen-bond acceptors (Lipinski definition) is 6. The molecule has 0 bridgehead atoms. The third-order valence-corrected chi connectivity index (χ3v) is 5.81. The molecule has 3 rings (SSSR count). The predicted octanol–water partition coefficient (Wildman–Crippen LogP) is 4.33. The summed E-state index contributed by atoms with van der Waals surface area (Å²) in [5.74, 6) is -0.804. The maximum absolute atomic E-state index is 12.6. The number of hydrogen-bond donors (Lipinski definition) is 1. The van der Waals surface area contributed by atoms with E-state index >= 15 is 0 Å². The van der Waals surface area contributed by atoms with E-state index in [-0.39, 0.29) is 34.6 Å². The van der Waals surface area contributed by atoms with Crippen LogP contribution in [0.25, 0.3) is 6.08 Å². The lowest BCUT2D eigenvalue weighted by molar-refractivity contribution is -0.384. The van der Waals surface area contributed by atoms with Crippen LogP contribution in [0.1, 0.15) is 27.0 Å². The van der Waals surface area contributed by atoms with Crippen LogP contribution in [0.3, 0.4) is 0 Å². The molecule has 2 aromatic carbocycles. The average molecular weight is 460 g/mol. The number of aryl methyl sites for hydroxylation is 2. The second kappa shape index (κ2) is 9.32. The summed E-state index contributed by atoms with van der Waals surface area (Å²) < 4.78 is 0. The van der Waals surface area contributed by atoms with Crippen LogP contribution in [-0.4, -0.2) is 40.0 Å². The molecule has 31 heavy (non-hydrogen) atoms. The molecule has 1 aliphatic heterocycles. The molecule has 8 nitrogen and oxygen atoms in total. The first-order valence-corrected chi connectivity index (χ1v) is 10.4. The van der Waals surface area contributed by atoms with Crippen LogP contribution in [0.4, 0.5) is 10.5 Å². The number of carbonyl (C=O) groups is 3. The Labute approximate surface area is 187 Å². The third kappa shape index (κ3) is 5.12. The Morgan fingerprint density at radius 1 is 1.23 bits per heavy atom. The molecule has 0 radical (unpaired) electrons. The van der Waals surface area contributed by atoms with E-state index in [0.717, 1.165) is 27.8 Å². The molecule has 0 spiro atoms. The minimum atomic E-state index is -0.621. The average Bonchev–Trinajstić information content (AvgIpc) is 2.96. The van der Waals surface area contributed by atoms with Crippen molar-refractivity contribution in [3.8, 4) is 0 Å². The van der Waals surface area contributed by atoms with Gasteiger partial charge in [-0.1, -0.05) is 35.4 Å². The number of nitro benzene ring substituents is 1. The number of carbonyl (C=O) groups excluding carboxylic acids is 3. The van der Waals surface area contributed by atoms with E-state index < -0.39 is 16.1 Å². The predicted molar refractivity (Wildman–Crippen MR) is 119 cm³/mol. The maximum Gasteiger partial charge on any atom is 0.293 e. The quantitative estimate of drug-likeness (QED) is 0.391. The molecule has 0 aliphatic carbocycles. The summed E-state index contributed by atoms with van der Waals surface area (Å²) in [4.78, 5) is 48.8. The summed E-state index contributed by atoms with van der Waals surface area (Å²) in [5.41, 5.74) is 2.51. The minimum Gasteiger partial charge on any atom is -0.350 e. The highest BCUT2D eigenvalue weighted by Crippen LogP contribution is 2.33. The first-order valence-electron chi connectivity index (χ1n) is 9.22. The highest BCUT2D eigenvalue weighted by molar-refractivity contribution is 8.18. The summed E-state index contributed by atoms with van der Waals surface area (Å²) in [7, 11) is 0. The van der Waals surface area contributed by atoms with Crippen LogP contribution in [0.2, 0.25) is 5.02 Å². The molecule has 1 saturated heterocycles. The van der Waals surface area contributed by atoms with E-state index in [1.165, 1.54) is 24.3 Å². The molecule has 0 unspecified atom stereocenters. The van der Waals surface area contributed by atoms with Crippen molar-refractivity contribution in [2.45, 2.75) is 13.8 Å². The monoisotopic (exact) mass is 459 g/mol. The highest BCUT2D eigenvalue weighted by atomic mass is 35.5. The van der Waals surface area contributed by atoms with Crippen molar-refractivity contribution in [1.29, 1.82) is 0 Å². The van der Waals surface area contributed by atoms with Gasteiger partial charge in [-0.15, -0.1) is 0 Å². The summed E-state index contributed by atoms with van der Waals surface area (Å²) in [6.07, 6.45) is 1.41. The zero-order chi connectivity index (χ0) is 22.7. The molecule has 160 valence electrons. The lowest BCUT2D eigenvalue weighted by atomic mass is 10.1. The first-order chi connectivity index (χ1) is 14.7. The molecular weight excluding hydrogens is 442 g/mol. The largest absolute Gasteiger partial charge is 0.350 e. The van der Waals surface area contributed by atoms with Gasteiger partial charge in [-0.05, 0) is 54.9 Å². The maximum atomic E-state index is 12.6. The van der Waals surface area contributed by atoms with Gasteiger partial charge >= 0.3 is 0 Å². The number of nitrogens with zero attached hydrogens (tertiary/aromatic N) is 2. The molecule has 1 fully saturated rings. The fraction of sp³-hybridized carbons (Fsp3) is 0.190. The molecule has 1 N–H and O–H groups in total. The zero-order valence-corrected chi connectivity index (χ0v) is 18.2. The lowest BCUT2D eigenvalue weighted by Gasteiger charge is -2.13. The third-order valence-electron chi connectivity index (χ3n) is 4.59. The molecule has 2 aromatic rings. The van der Waals surface area contributed by atoms with Crippen molar-refractivity contribution >= 4 is 52.2 Å². The number of benzene rings is 2. The Kier molecular flexibility index (Phi) is 6.77. The number of thioether (sulfide) groups is 1. The Morgan fingerprint density at radius 3 is 2.65 bits per heavy atom. The van der Waals surface area contributed by atoms with Crippen LogP contribution in [0.15, 0.2) is 41.3 Å². The number of imide groups is 1. The van der Waals surface area contributed by atoms with Gasteiger partial charge in [0, 0.05) is 24.7 Å². The van der Waals surface area contributed by atoms with Gasteiger partial charge in [-0.3, -0.25) is 29.4 Å². The van der Waals surface area contributed by atoms with Gasteiger partial charge in [0.25, 0.3) is 22.7 Å². The van der Waals surface area contributed by atoms with E-state index in [4.69, 9.17) is 11.6 Å². The van der Waals surface area contributed by atoms with Crippen LogP contribution in [-0.2, 0) is 4.79 Å². The van der Waals surface area contributed by atoms with Crippen molar-refractivity contribution in [3.05, 3.63) is 78.7 Å². The second-order valence-corrected chi connectivity index (χ2v) is 8.28. The normalized spacial score (nSPS) is 14.9. The summed E-state index contributed by atoms with van der Waals surface area (Å²) in [6.45, 7) is 3.89. The molecule has 3 amide bonds. The van der Waals surface area contributed by atoms with Crippen molar-refractivity contribution in [2.24, 2.45) is 0 Å². The Balaban J connectivity index is 1.65. The van der Waals surface area contributed by atoms with E-state index in [1.807, 2.05) is 26.0 Å². The smallest absolute Gasteiger partial charge is 0.293 e. The summed E-state index contributed by atoms with van der Waals surface area (Å²) in [6, 6.07) is 9.59. The van der Waals surface area contributed by atoms with Crippen LogP contribution in [0, 0.1) is 24.0 Å². The van der Waals surface area contributed by atoms with Crippen molar-refractivity contribution in [1.82, 2.24) is 10.2 Å². The van der Waals surface area contributed by atoms with E-state index in [9.17, 15) is 24.5 Å². The molecule has 0 atom stereocenters. The summed E-state index contributed by atoms with van der Waals surface area (Å²) >= 11 is 6.53. The Bertz CT molecular complexity index is 1130. The SMILES string of the molecule is Cc1ccc(C(=O)NCCN2C(=O)S/C(=C\c3ccc(Cl)c([N+](=O)[O-])c3)C2=O)c(C)c1. The number of rotatable bonds is 6. The number of halogens is 1. The number of amides is 3. The van der Waals surface area contributed by atoms with Crippen LogP contribution in [0.5, 0.6) is 0 Å². The molecule has 1 aliphatic rings. The molecule has 0 aromatic heterocycles. The number of nitrogens with one attached hydrogen (secondary N) is 1. The van der Waals surface area contributed by atoms with Gasteiger partial charge in [0.1, 0.15) is 5.02 Å². The standard InChI is InChI=1S/C21H18ClN3O5S/c1-12-3-5-15(13(2)9-12)19(26)23-7-8-24-20(27)18(31-21(24)28)11-14-4-6-16(22)17(10-14)25(29)30/h3-6,9-11H,7-8H2,1-2H3,(H,23,26)/b18-11-. The van der Waals surface area contributed by atoms with E-state index in [0.29, 0.717) is 11.1 Å². The molecule has 0 saturated carbocycles. The zero-order valence-electron chi connectivity index (χ0n) is 16.7. The highest BCUT2D eigenvalue weighted by Gasteiger charge is 2.34. The fourth-order valence-corrected chi connectivity index (χ4v) is 4.10. The van der Waals surface area contributed by atoms with E-state index in [2.05, 4.69) is 5.32 Å². The number of nitro groups is 1. The Morgan fingerprint density at radius 2 is 1.97 bits per heavy atom.